The molecule has 1 N–H and O–H groups in total. The molecule has 1 aromatic carbocycles. The molecule has 2 heterocycles. The van der Waals surface area contributed by atoms with Crippen LogP contribution < -0.4 is 5.32 Å². The van der Waals surface area contributed by atoms with Crippen LogP contribution in [-0.2, 0) is 10.5 Å². The van der Waals surface area contributed by atoms with E-state index in [4.69, 9.17) is 11.6 Å². The van der Waals surface area contributed by atoms with Gasteiger partial charge in [-0.2, -0.15) is 0 Å². The smallest absolute Gasteiger partial charge is 0.223 e. The van der Waals surface area contributed by atoms with Gasteiger partial charge in [-0.25, -0.2) is 9.97 Å². The summed E-state index contributed by atoms with van der Waals surface area (Å²) in [6.07, 6.45) is 0. The summed E-state index contributed by atoms with van der Waals surface area (Å²) in [7, 11) is 0. The van der Waals surface area contributed by atoms with Crippen LogP contribution in [0.5, 0.6) is 0 Å². The van der Waals surface area contributed by atoms with E-state index in [1.807, 2.05) is 23.6 Å². The minimum absolute atomic E-state index is 0.105. The zero-order valence-electron chi connectivity index (χ0n) is 10.9. The Hall–Kier alpha value is -1.15. The van der Waals surface area contributed by atoms with E-state index in [2.05, 4.69) is 15.3 Å². The molecule has 1 amide bonds. The molecule has 0 spiro atoms. The third-order valence-electron chi connectivity index (χ3n) is 2.51. The molecule has 21 heavy (non-hydrogen) atoms. The Bertz CT molecular complexity index is 799. The summed E-state index contributed by atoms with van der Waals surface area (Å²) < 4.78 is 2.11. The predicted molar refractivity (Wildman–Crippen MR) is 90.6 cm³/mol. The maximum Gasteiger partial charge on any atom is 0.223 e. The van der Waals surface area contributed by atoms with Crippen molar-refractivity contribution in [1.82, 2.24) is 9.97 Å². The molecule has 0 aliphatic heterocycles. The van der Waals surface area contributed by atoms with E-state index in [1.165, 1.54) is 18.3 Å². The number of hydrogen-bond acceptors (Lipinski definition) is 6. The van der Waals surface area contributed by atoms with Gasteiger partial charge in [0.1, 0.15) is 0 Å². The molecule has 0 radical (unpaired) electrons. The molecule has 0 unspecified atom stereocenters. The highest BCUT2D eigenvalue weighted by molar-refractivity contribution is 8.00. The number of anilines is 1. The molecule has 0 atom stereocenters. The largest absolute Gasteiger partial charge is 0.302 e. The minimum Gasteiger partial charge on any atom is -0.302 e. The van der Waals surface area contributed by atoms with Crippen LogP contribution in [-0.4, -0.2) is 15.9 Å². The van der Waals surface area contributed by atoms with Gasteiger partial charge in [0, 0.05) is 23.1 Å². The van der Waals surface area contributed by atoms with Crippen LogP contribution in [0.3, 0.4) is 0 Å². The Kier molecular flexibility index (Phi) is 4.44. The number of thiazole rings is 2. The first-order chi connectivity index (χ1) is 10.1. The van der Waals surface area contributed by atoms with Gasteiger partial charge >= 0.3 is 0 Å². The van der Waals surface area contributed by atoms with Gasteiger partial charge in [0.15, 0.2) is 9.47 Å². The number of thioether (sulfide) groups is 1. The van der Waals surface area contributed by atoms with E-state index in [0.717, 1.165) is 26.0 Å². The summed E-state index contributed by atoms with van der Waals surface area (Å²) in [5, 5.41) is 5.96. The summed E-state index contributed by atoms with van der Waals surface area (Å²) >= 11 is 10.7. The van der Waals surface area contributed by atoms with Crippen molar-refractivity contribution in [3.8, 4) is 0 Å². The summed E-state index contributed by atoms with van der Waals surface area (Å²) in [5.41, 5.74) is 1.86. The number of nitrogens with zero attached hydrogens (tertiary/aromatic N) is 2. The minimum atomic E-state index is -0.105. The molecule has 0 bridgehead atoms. The van der Waals surface area contributed by atoms with Crippen LogP contribution in [0.4, 0.5) is 5.13 Å². The number of fused-ring (bicyclic) bond motifs is 1. The quantitative estimate of drug-likeness (QED) is 0.692. The van der Waals surface area contributed by atoms with Gasteiger partial charge in [-0.05, 0) is 18.2 Å². The molecule has 2 aromatic heterocycles. The van der Waals surface area contributed by atoms with Gasteiger partial charge in [-0.15, -0.1) is 22.7 Å². The molecule has 0 saturated heterocycles. The number of nitrogens with one attached hydrogen (secondary N) is 1. The Balaban J connectivity index is 1.68. The highest BCUT2D eigenvalue weighted by Gasteiger charge is 2.08. The first kappa shape index (κ1) is 14.8. The third kappa shape index (κ3) is 3.74. The van der Waals surface area contributed by atoms with Crippen molar-refractivity contribution >= 4 is 67.3 Å². The predicted octanol–water partition coefficient (Wildman–Crippen LogP) is 4.66. The number of halogens is 1. The Morgan fingerprint density at radius 1 is 1.43 bits per heavy atom. The fourth-order valence-electron chi connectivity index (χ4n) is 1.66. The Labute approximate surface area is 138 Å². The van der Waals surface area contributed by atoms with Gasteiger partial charge in [0.25, 0.3) is 0 Å². The van der Waals surface area contributed by atoms with Gasteiger partial charge in [0.2, 0.25) is 5.91 Å². The van der Waals surface area contributed by atoms with E-state index in [1.54, 1.807) is 23.1 Å². The number of carbonyl (C=O) groups is 1. The van der Waals surface area contributed by atoms with E-state index in [0.29, 0.717) is 10.2 Å². The highest BCUT2D eigenvalue weighted by atomic mass is 35.5. The zero-order valence-corrected chi connectivity index (χ0v) is 14.1. The fraction of sp³-hybridized carbons (Fsp3) is 0.154. The average molecular weight is 356 g/mol. The number of amides is 1. The van der Waals surface area contributed by atoms with Crippen LogP contribution in [0.15, 0.2) is 27.9 Å². The molecular formula is C13H10ClN3OS3. The maximum atomic E-state index is 11.0. The highest BCUT2D eigenvalue weighted by Crippen LogP contribution is 2.33. The lowest BCUT2D eigenvalue weighted by Crippen LogP contribution is -2.05. The van der Waals surface area contributed by atoms with Crippen molar-refractivity contribution in [3.63, 3.8) is 0 Å². The normalized spacial score (nSPS) is 11.0. The molecular weight excluding hydrogens is 346 g/mol. The van der Waals surface area contributed by atoms with Crippen LogP contribution >= 0.6 is 46.0 Å². The first-order valence-electron chi connectivity index (χ1n) is 6.01. The number of rotatable bonds is 4. The van der Waals surface area contributed by atoms with E-state index in [9.17, 15) is 4.79 Å². The van der Waals surface area contributed by atoms with Gasteiger partial charge in [-0.1, -0.05) is 23.4 Å². The molecule has 4 nitrogen and oxygen atoms in total. The fourth-order valence-corrected chi connectivity index (χ4v) is 4.63. The number of aromatic nitrogens is 2. The molecule has 0 saturated carbocycles. The number of carbonyl (C=O) groups excluding carboxylic acids is 1. The SMILES string of the molecule is CC(=O)Nc1nc(CSc2nc3cc(Cl)ccc3s2)cs1. The second-order valence-electron chi connectivity index (χ2n) is 4.21. The summed E-state index contributed by atoms with van der Waals surface area (Å²) in [5.74, 6) is 0.621. The van der Waals surface area contributed by atoms with Crippen molar-refractivity contribution in [2.75, 3.05) is 5.32 Å². The zero-order chi connectivity index (χ0) is 14.8. The van der Waals surface area contributed by atoms with Crippen molar-refractivity contribution in [2.45, 2.75) is 17.0 Å². The maximum absolute atomic E-state index is 11.0. The van der Waals surface area contributed by atoms with Crippen LogP contribution in [0, 0.1) is 0 Å². The van der Waals surface area contributed by atoms with Crippen molar-refractivity contribution < 1.29 is 4.79 Å². The van der Waals surface area contributed by atoms with Crippen molar-refractivity contribution in [3.05, 3.63) is 34.3 Å². The second kappa shape index (κ2) is 6.31. The van der Waals surface area contributed by atoms with Gasteiger partial charge < -0.3 is 5.32 Å². The van der Waals surface area contributed by atoms with E-state index < -0.39 is 0 Å². The first-order valence-corrected chi connectivity index (χ1v) is 9.07. The van der Waals surface area contributed by atoms with Crippen LogP contribution in [0.25, 0.3) is 10.2 Å². The second-order valence-corrected chi connectivity index (χ2v) is 7.75. The van der Waals surface area contributed by atoms with Gasteiger partial charge in [-0.3, -0.25) is 4.79 Å². The molecule has 0 aliphatic carbocycles. The van der Waals surface area contributed by atoms with E-state index >= 15 is 0 Å². The standard InChI is InChI=1S/C13H10ClN3OS3/c1-7(18)15-12-16-9(5-19-12)6-20-13-17-10-4-8(14)2-3-11(10)21-13/h2-5H,6H2,1H3,(H,15,16,18). The molecule has 3 aromatic rings. The Morgan fingerprint density at radius 2 is 2.29 bits per heavy atom. The summed E-state index contributed by atoms with van der Waals surface area (Å²) in [4.78, 5) is 19.9. The van der Waals surface area contributed by atoms with Crippen LogP contribution in [0.1, 0.15) is 12.6 Å². The van der Waals surface area contributed by atoms with E-state index in [-0.39, 0.29) is 5.91 Å². The lowest BCUT2D eigenvalue weighted by atomic mass is 10.3. The summed E-state index contributed by atoms with van der Waals surface area (Å²) in [6, 6.07) is 5.73. The average Bonchev–Trinajstić information content (AvgIpc) is 3.01. The lowest BCUT2D eigenvalue weighted by molar-refractivity contribution is -0.114. The molecule has 3 rings (SSSR count). The molecule has 0 aliphatic rings. The van der Waals surface area contributed by atoms with Gasteiger partial charge in [0.05, 0.1) is 15.9 Å². The third-order valence-corrected chi connectivity index (χ3v) is 5.76. The molecule has 8 heteroatoms. The van der Waals surface area contributed by atoms with Crippen LogP contribution in [0.2, 0.25) is 5.02 Å². The molecule has 0 fully saturated rings. The summed E-state index contributed by atoms with van der Waals surface area (Å²) in [6.45, 7) is 1.47. The number of hydrogen-bond donors (Lipinski definition) is 1. The Morgan fingerprint density at radius 3 is 3.10 bits per heavy atom. The monoisotopic (exact) mass is 355 g/mol. The lowest BCUT2D eigenvalue weighted by Gasteiger charge is -1.94. The number of benzene rings is 1. The topological polar surface area (TPSA) is 54.9 Å². The molecule has 108 valence electrons. The van der Waals surface area contributed by atoms with Crippen molar-refractivity contribution in [2.24, 2.45) is 0 Å². The van der Waals surface area contributed by atoms with Crippen molar-refractivity contribution in [1.29, 1.82) is 0 Å².